The van der Waals surface area contributed by atoms with Crippen molar-refractivity contribution in [3.63, 3.8) is 0 Å². The van der Waals surface area contributed by atoms with Gasteiger partial charge in [0.05, 0.1) is 40.0 Å². The molecule has 0 saturated carbocycles. The van der Waals surface area contributed by atoms with Crippen LogP contribution in [-0.2, 0) is 11.3 Å². The highest BCUT2D eigenvalue weighted by Crippen LogP contribution is 2.21. The molecule has 0 atom stereocenters. The lowest BCUT2D eigenvalue weighted by atomic mass is 10.1. The molecule has 12 heteroatoms. The second kappa shape index (κ2) is 8.86. The molecule has 2 heterocycles. The number of ether oxygens (including phenoxy) is 1. The molecular weight excluding hydrogens is 446 g/mol. The number of aromatic carboxylic acids is 2. The Bertz CT molecular complexity index is 1510. The van der Waals surface area contributed by atoms with Gasteiger partial charge in [0.15, 0.2) is 0 Å². The number of anilines is 1. The first-order valence-electron chi connectivity index (χ1n) is 9.80. The zero-order chi connectivity index (χ0) is 24.4. The third-order valence-corrected chi connectivity index (χ3v) is 4.87. The van der Waals surface area contributed by atoms with E-state index >= 15 is 0 Å². The van der Waals surface area contributed by atoms with Crippen molar-refractivity contribution < 1.29 is 29.3 Å². The molecule has 0 bridgehead atoms. The molecule has 1 amide bonds. The van der Waals surface area contributed by atoms with Crippen molar-refractivity contribution in [2.24, 2.45) is 0 Å². The average Bonchev–Trinajstić information content (AvgIpc) is 3.25. The molecule has 172 valence electrons. The summed E-state index contributed by atoms with van der Waals surface area (Å²) in [7, 11) is 0. The van der Waals surface area contributed by atoms with Crippen LogP contribution in [0.3, 0.4) is 0 Å². The zero-order valence-electron chi connectivity index (χ0n) is 17.6. The first-order chi connectivity index (χ1) is 16.2. The van der Waals surface area contributed by atoms with Crippen LogP contribution in [0.5, 0.6) is 0 Å². The van der Waals surface area contributed by atoms with E-state index in [2.05, 4.69) is 20.3 Å². The van der Waals surface area contributed by atoms with Crippen molar-refractivity contribution in [3.8, 4) is 5.69 Å². The van der Waals surface area contributed by atoms with Gasteiger partial charge >= 0.3 is 18.0 Å². The SMILES string of the molecule is Cc1cc2[nH]c(=O)c(C(=O)O)nc2cc1-n1cnc(COC(=O)Nc2ccccc2C(=O)O)c1. The van der Waals surface area contributed by atoms with Gasteiger partial charge in [-0.25, -0.2) is 24.4 Å². The van der Waals surface area contributed by atoms with Gasteiger partial charge in [0.25, 0.3) is 5.56 Å². The highest BCUT2D eigenvalue weighted by Gasteiger charge is 2.15. The Labute approximate surface area is 190 Å². The number of hydrogen-bond donors (Lipinski definition) is 4. The monoisotopic (exact) mass is 463 g/mol. The molecule has 0 radical (unpaired) electrons. The molecule has 12 nitrogen and oxygen atoms in total. The van der Waals surface area contributed by atoms with Crippen LogP contribution in [-0.4, -0.2) is 47.8 Å². The van der Waals surface area contributed by atoms with Gasteiger partial charge in [0, 0.05) is 6.20 Å². The number of carboxylic acids is 2. The number of hydrogen-bond acceptors (Lipinski definition) is 7. The number of aromatic nitrogens is 4. The van der Waals surface area contributed by atoms with Gasteiger partial charge in [-0.05, 0) is 36.8 Å². The topological polar surface area (TPSA) is 176 Å². The van der Waals surface area contributed by atoms with E-state index in [4.69, 9.17) is 9.84 Å². The lowest BCUT2D eigenvalue weighted by Gasteiger charge is -2.09. The van der Waals surface area contributed by atoms with Gasteiger partial charge < -0.3 is 24.5 Å². The minimum atomic E-state index is -1.43. The molecule has 0 aliphatic rings. The van der Waals surface area contributed by atoms with Crippen molar-refractivity contribution in [1.29, 1.82) is 0 Å². The summed E-state index contributed by atoms with van der Waals surface area (Å²) in [6.45, 7) is 1.61. The Kier molecular flexibility index (Phi) is 5.79. The fraction of sp³-hybridized carbons (Fsp3) is 0.0909. The molecule has 4 N–H and O–H groups in total. The van der Waals surface area contributed by atoms with Crippen molar-refractivity contribution in [2.45, 2.75) is 13.5 Å². The second-order valence-corrected chi connectivity index (χ2v) is 7.20. The Balaban J connectivity index is 1.51. The summed E-state index contributed by atoms with van der Waals surface area (Å²) >= 11 is 0. The number of carbonyl (C=O) groups is 3. The molecule has 0 fully saturated rings. The number of fused-ring (bicyclic) bond motifs is 1. The predicted octanol–water partition coefficient (Wildman–Crippen LogP) is 2.56. The zero-order valence-corrected chi connectivity index (χ0v) is 17.6. The lowest BCUT2D eigenvalue weighted by Crippen LogP contribution is -2.20. The summed E-state index contributed by atoms with van der Waals surface area (Å²) in [5.41, 5.74) is 1.07. The van der Waals surface area contributed by atoms with E-state index in [0.29, 0.717) is 16.9 Å². The van der Waals surface area contributed by atoms with Crippen LogP contribution in [0, 0.1) is 6.92 Å². The van der Waals surface area contributed by atoms with Crippen molar-refractivity contribution in [1.82, 2.24) is 19.5 Å². The molecule has 2 aromatic carbocycles. The van der Waals surface area contributed by atoms with Crippen molar-refractivity contribution >= 4 is 34.8 Å². The van der Waals surface area contributed by atoms with E-state index in [1.54, 1.807) is 35.9 Å². The summed E-state index contributed by atoms with van der Waals surface area (Å²) in [6.07, 6.45) is 2.24. The first-order valence-corrected chi connectivity index (χ1v) is 9.80. The van der Waals surface area contributed by atoms with E-state index in [1.807, 2.05) is 0 Å². The van der Waals surface area contributed by atoms with Gasteiger partial charge in [0.2, 0.25) is 5.69 Å². The van der Waals surface area contributed by atoms with Crippen LogP contribution in [0.1, 0.15) is 32.1 Å². The van der Waals surface area contributed by atoms with E-state index in [0.717, 1.165) is 5.56 Å². The second-order valence-electron chi connectivity index (χ2n) is 7.20. The van der Waals surface area contributed by atoms with Gasteiger partial charge in [-0.2, -0.15) is 0 Å². The highest BCUT2D eigenvalue weighted by molar-refractivity contribution is 5.98. The van der Waals surface area contributed by atoms with Crippen molar-refractivity contribution in [2.75, 3.05) is 5.32 Å². The minimum Gasteiger partial charge on any atom is -0.478 e. The number of aromatic amines is 1. The Hall–Kier alpha value is -5.00. The fourth-order valence-electron chi connectivity index (χ4n) is 3.29. The van der Waals surface area contributed by atoms with Crippen LogP contribution >= 0.6 is 0 Å². The number of rotatable bonds is 6. The van der Waals surface area contributed by atoms with Crippen LogP contribution in [0.2, 0.25) is 0 Å². The highest BCUT2D eigenvalue weighted by atomic mass is 16.5. The standard InChI is InChI=1S/C22H17N5O7/c1-11-6-15-16(24-18(21(31)32)19(28)25-15)7-17(11)27-8-12(23-10-27)9-34-22(33)26-14-5-3-2-4-13(14)20(29)30/h2-8,10H,9H2,1H3,(H,25,28)(H,26,33)(H,29,30)(H,31,32). The summed E-state index contributed by atoms with van der Waals surface area (Å²) in [6, 6.07) is 9.19. The molecule has 0 saturated heterocycles. The number of amides is 1. The van der Waals surface area contributed by atoms with Crippen LogP contribution in [0.15, 0.2) is 53.7 Å². The van der Waals surface area contributed by atoms with Crippen LogP contribution in [0.25, 0.3) is 16.7 Å². The largest absolute Gasteiger partial charge is 0.478 e. The number of benzene rings is 2. The van der Waals surface area contributed by atoms with Crippen LogP contribution < -0.4 is 10.9 Å². The predicted molar refractivity (Wildman–Crippen MR) is 118 cm³/mol. The Morgan fingerprint density at radius 3 is 2.65 bits per heavy atom. The maximum Gasteiger partial charge on any atom is 0.412 e. The molecule has 0 aliphatic heterocycles. The smallest absolute Gasteiger partial charge is 0.412 e. The molecule has 34 heavy (non-hydrogen) atoms. The molecule has 0 aliphatic carbocycles. The minimum absolute atomic E-state index is 0.0727. The van der Waals surface area contributed by atoms with E-state index in [9.17, 15) is 24.3 Å². The summed E-state index contributed by atoms with van der Waals surface area (Å²) < 4.78 is 6.77. The summed E-state index contributed by atoms with van der Waals surface area (Å²) in [5, 5.41) is 20.7. The lowest BCUT2D eigenvalue weighted by molar-refractivity contribution is 0.0681. The van der Waals surface area contributed by atoms with Gasteiger partial charge in [-0.15, -0.1) is 0 Å². The third-order valence-electron chi connectivity index (χ3n) is 4.87. The number of imidazole rings is 1. The van der Waals surface area contributed by atoms with E-state index in [-0.39, 0.29) is 23.4 Å². The number of nitrogens with zero attached hydrogens (tertiary/aromatic N) is 3. The summed E-state index contributed by atoms with van der Waals surface area (Å²) in [5.74, 6) is -2.62. The van der Waals surface area contributed by atoms with E-state index < -0.39 is 29.3 Å². The number of carbonyl (C=O) groups excluding carboxylic acids is 1. The van der Waals surface area contributed by atoms with Gasteiger partial charge in [-0.1, -0.05) is 12.1 Å². The van der Waals surface area contributed by atoms with Gasteiger partial charge in [0.1, 0.15) is 6.61 Å². The number of aryl methyl sites for hydroxylation is 1. The quantitative estimate of drug-likeness (QED) is 0.335. The normalized spacial score (nSPS) is 10.7. The Morgan fingerprint density at radius 2 is 1.91 bits per heavy atom. The Morgan fingerprint density at radius 1 is 1.15 bits per heavy atom. The first kappa shape index (κ1) is 22.2. The maximum absolute atomic E-state index is 12.1. The molecule has 4 rings (SSSR count). The van der Waals surface area contributed by atoms with Gasteiger partial charge in [-0.3, -0.25) is 10.1 Å². The number of nitrogens with one attached hydrogen (secondary N) is 2. The number of carboxylic acid groups (broad SMARTS) is 2. The van der Waals surface area contributed by atoms with Crippen LogP contribution in [0.4, 0.5) is 10.5 Å². The summed E-state index contributed by atoms with van der Waals surface area (Å²) in [4.78, 5) is 57.0. The maximum atomic E-state index is 12.1. The van der Waals surface area contributed by atoms with Crippen molar-refractivity contribution in [3.05, 3.63) is 81.8 Å². The molecule has 0 unspecified atom stereocenters. The molecule has 4 aromatic rings. The molecular formula is C22H17N5O7. The fourth-order valence-corrected chi connectivity index (χ4v) is 3.29. The average molecular weight is 463 g/mol. The molecule has 0 spiro atoms. The molecule has 2 aromatic heterocycles. The third kappa shape index (κ3) is 4.46. The number of H-pyrrole nitrogens is 1. The van der Waals surface area contributed by atoms with E-state index in [1.165, 1.54) is 24.5 Å². The number of para-hydroxylation sites is 1.